The summed E-state index contributed by atoms with van der Waals surface area (Å²) >= 11 is 0. The maximum Gasteiger partial charge on any atom is 0.264 e. The molecule has 0 aliphatic heterocycles. The number of aromatic nitrogens is 2. The van der Waals surface area contributed by atoms with Crippen molar-refractivity contribution < 1.29 is 18.4 Å². The number of sulfone groups is 1. The van der Waals surface area contributed by atoms with E-state index in [2.05, 4.69) is 4.98 Å². The van der Waals surface area contributed by atoms with Crippen molar-refractivity contribution in [3.8, 4) is 11.1 Å². The summed E-state index contributed by atoms with van der Waals surface area (Å²) in [7, 11) is -3.85. The molecular formula is C20H21N3O5S. The van der Waals surface area contributed by atoms with E-state index in [9.17, 15) is 18.0 Å². The molecule has 0 spiro atoms. The van der Waals surface area contributed by atoms with Crippen LogP contribution < -0.4 is 11.0 Å². The van der Waals surface area contributed by atoms with Gasteiger partial charge in [0.2, 0.25) is 0 Å². The van der Waals surface area contributed by atoms with E-state index < -0.39 is 20.5 Å². The van der Waals surface area contributed by atoms with Crippen LogP contribution in [-0.2, 0) is 21.2 Å². The summed E-state index contributed by atoms with van der Waals surface area (Å²) in [4.78, 5) is 29.1. The van der Waals surface area contributed by atoms with Crippen LogP contribution in [0.3, 0.4) is 0 Å². The fourth-order valence-electron chi connectivity index (χ4n) is 3.05. The van der Waals surface area contributed by atoms with E-state index in [1.54, 1.807) is 6.07 Å². The number of benzene rings is 2. The molecule has 1 atom stereocenters. The summed E-state index contributed by atoms with van der Waals surface area (Å²) in [5.41, 5.74) is 3.50. The number of nitrogens with one attached hydrogen (secondary N) is 1. The number of carbonyl (C=O) groups is 1. The van der Waals surface area contributed by atoms with Crippen molar-refractivity contribution in [2.75, 3.05) is 6.26 Å². The lowest BCUT2D eigenvalue weighted by molar-refractivity contribution is -0.131. The van der Waals surface area contributed by atoms with Gasteiger partial charge in [-0.1, -0.05) is 36.4 Å². The molecule has 2 N–H and O–H groups in total. The molecule has 0 radical (unpaired) electrons. The van der Waals surface area contributed by atoms with Crippen molar-refractivity contribution in [3.63, 3.8) is 0 Å². The number of rotatable bonds is 6. The standard InChI is InChI=1S/C20H21N3O5S/c1-20(19(25)22-26,29(2,27)28)10-11-23-13-21-17-12-15(8-9-16(17)18(23)24)14-6-4-3-5-7-14/h3-9,12-13,26H,10-11H2,1-2H3,(H,22,25)/t20-/m1/s1. The first kappa shape index (κ1) is 20.7. The van der Waals surface area contributed by atoms with Crippen LogP contribution in [0.1, 0.15) is 13.3 Å². The Balaban J connectivity index is 1.94. The normalized spacial score (nSPS) is 13.8. The van der Waals surface area contributed by atoms with Gasteiger partial charge >= 0.3 is 0 Å². The van der Waals surface area contributed by atoms with Crippen LogP contribution in [0, 0.1) is 0 Å². The summed E-state index contributed by atoms with van der Waals surface area (Å²) in [5, 5.41) is 9.29. The van der Waals surface area contributed by atoms with Gasteiger partial charge in [-0.2, -0.15) is 0 Å². The van der Waals surface area contributed by atoms with Crippen LogP contribution in [0.2, 0.25) is 0 Å². The first-order chi connectivity index (χ1) is 13.7. The molecule has 9 heteroatoms. The topological polar surface area (TPSA) is 118 Å². The number of fused-ring (bicyclic) bond motifs is 1. The van der Waals surface area contributed by atoms with Gasteiger partial charge in [0.05, 0.1) is 17.2 Å². The highest BCUT2D eigenvalue weighted by Crippen LogP contribution is 2.23. The minimum Gasteiger partial charge on any atom is -0.299 e. The zero-order valence-corrected chi connectivity index (χ0v) is 16.8. The molecule has 0 saturated heterocycles. The zero-order valence-electron chi connectivity index (χ0n) is 16.0. The van der Waals surface area contributed by atoms with E-state index in [1.165, 1.54) is 23.3 Å². The number of hydroxylamine groups is 1. The van der Waals surface area contributed by atoms with Crippen molar-refractivity contribution in [1.82, 2.24) is 15.0 Å². The Hall–Kier alpha value is -3.04. The molecule has 3 rings (SSSR count). The highest BCUT2D eigenvalue weighted by Gasteiger charge is 2.43. The molecule has 1 heterocycles. The first-order valence-corrected chi connectivity index (χ1v) is 10.8. The van der Waals surface area contributed by atoms with Crippen molar-refractivity contribution >= 4 is 26.6 Å². The molecule has 0 aliphatic rings. The molecule has 0 unspecified atom stereocenters. The second-order valence-corrected chi connectivity index (χ2v) is 9.48. The van der Waals surface area contributed by atoms with E-state index >= 15 is 0 Å². The average molecular weight is 415 g/mol. The van der Waals surface area contributed by atoms with Crippen LogP contribution in [0.15, 0.2) is 59.7 Å². The Bertz CT molecular complexity index is 1220. The minimum absolute atomic E-state index is 0.0563. The van der Waals surface area contributed by atoms with Gasteiger partial charge in [-0.3, -0.25) is 19.4 Å². The Morgan fingerprint density at radius 2 is 1.86 bits per heavy atom. The predicted molar refractivity (Wildman–Crippen MR) is 109 cm³/mol. The third-order valence-electron chi connectivity index (χ3n) is 5.16. The minimum atomic E-state index is -3.85. The van der Waals surface area contributed by atoms with Gasteiger partial charge in [-0.25, -0.2) is 18.9 Å². The molecule has 2 aromatic carbocycles. The van der Waals surface area contributed by atoms with Crippen molar-refractivity contribution in [3.05, 3.63) is 65.2 Å². The van der Waals surface area contributed by atoms with E-state index in [1.807, 2.05) is 42.5 Å². The van der Waals surface area contributed by atoms with Gasteiger partial charge < -0.3 is 0 Å². The third kappa shape index (κ3) is 3.92. The summed E-state index contributed by atoms with van der Waals surface area (Å²) in [6.07, 6.45) is 2.04. The highest BCUT2D eigenvalue weighted by atomic mass is 32.2. The second-order valence-electron chi connectivity index (χ2n) is 7.04. The Morgan fingerprint density at radius 3 is 2.48 bits per heavy atom. The number of hydrogen-bond donors (Lipinski definition) is 2. The van der Waals surface area contributed by atoms with E-state index in [0.717, 1.165) is 17.4 Å². The predicted octanol–water partition coefficient (Wildman–Crippen LogP) is 1.76. The molecule has 3 aromatic rings. The van der Waals surface area contributed by atoms with Gasteiger partial charge in [0, 0.05) is 12.8 Å². The summed E-state index contributed by atoms with van der Waals surface area (Å²) < 4.78 is 23.5. The molecular weight excluding hydrogens is 394 g/mol. The fourth-order valence-corrected chi connectivity index (χ4v) is 3.89. The molecule has 29 heavy (non-hydrogen) atoms. The Morgan fingerprint density at radius 1 is 1.17 bits per heavy atom. The summed E-state index contributed by atoms with van der Waals surface area (Å²) in [6.45, 7) is 1.15. The van der Waals surface area contributed by atoms with Gasteiger partial charge in [-0.15, -0.1) is 0 Å². The van der Waals surface area contributed by atoms with Crippen LogP contribution in [0.5, 0.6) is 0 Å². The smallest absolute Gasteiger partial charge is 0.264 e. The van der Waals surface area contributed by atoms with Crippen molar-refractivity contribution in [2.45, 2.75) is 24.6 Å². The first-order valence-electron chi connectivity index (χ1n) is 8.86. The lowest BCUT2D eigenvalue weighted by Crippen LogP contribution is -2.50. The monoisotopic (exact) mass is 415 g/mol. The number of carbonyl (C=O) groups excluding carboxylic acids is 1. The molecule has 1 aromatic heterocycles. The fraction of sp³-hybridized carbons (Fsp3) is 0.250. The summed E-state index contributed by atoms with van der Waals surface area (Å²) in [5.74, 6) is -1.05. The molecule has 1 amide bonds. The van der Waals surface area contributed by atoms with Crippen molar-refractivity contribution in [1.29, 1.82) is 0 Å². The van der Waals surface area contributed by atoms with Gasteiger partial charge in [0.1, 0.15) is 0 Å². The number of aryl methyl sites for hydroxylation is 1. The molecule has 0 fully saturated rings. The number of hydrogen-bond acceptors (Lipinski definition) is 6. The van der Waals surface area contributed by atoms with Crippen LogP contribution in [0.4, 0.5) is 0 Å². The van der Waals surface area contributed by atoms with Crippen LogP contribution in [0.25, 0.3) is 22.0 Å². The average Bonchev–Trinajstić information content (AvgIpc) is 2.72. The Kier molecular flexibility index (Phi) is 5.54. The van der Waals surface area contributed by atoms with Gasteiger partial charge in [-0.05, 0) is 36.6 Å². The molecule has 0 bridgehead atoms. The molecule has 152 valence electrons. The van der Waals surface area contributed by atoms with E-state index in [4.69, 9.17) is 5.21 Å². The van der Waals surface area contributed by atoms with Gasteiger partial charge in [0.15, 0.2) is 14.6 Å². The van der Waals surface area contributed by atoms with E-state index in [-0.39, 0.29) is 18.5 Å². The second kappa shape index (κ2) is 7.76. The maximum absolute atomic E-state index is 12.8. The molecule has 0 aliphatic carbocycles. The molecule has 8 nitrogen and oxygen atoms in total. The lowest BCUT2D eigenvalue weighted by Gasteiger charge is -2.25. The lowest BCUT2D eigenvalue weighted by atomic mass is 10.0. The highest BCUT2D eigenvalue weighted by molar-refractivity contribution is 7.92. The third-order valence-corrected chi connectivity index (χ3v) is 7.19. The number of nitrogens with zero attached hydrogens (tertiary/aromatic N) is 2. The van der Waals surface area contributed by atoms with E-state index in [0.29, 0.717) is 10.9 Å². The molecule has 0 saturated carbocycles. The zero-order chi connectivity index (χ0) is 21.2. The van der Waals surface area contributed by atoms with Crippen LogP contribution in [-0.4, -0.2) is 40.1 Å². The van der Waals surface area contributed by atoms with Crippen molar-refractivity contribution in [2.24, 2.45) is 0 Å². The SMILES string of the molecule is C[C@@](CCn1cnc2cc(-c3ccccc3)ccc2c1=O)(C(=O)NO)S(C)(=O)=O. The van der Waals surface area contributed by atoms with Crippen LogP contribution >= 0.6 is 0 Å². The largest absolute Gasteiger partial charge is 0.299 e. The maximum atomic E-state index is 12.8. The Labute approximate surface area is 167 Å². The van der Waals surface area contributed by atoms with Gasteiger partial charge in [0.25, 0.3) is 11.5 Å². The quantitative estimate of drug-likeness (QED) is 0.468. The summed E-state index contributed by atoms with van der Waals surface area (Å²) in [6, 6.07) is 15.0. The number of amides is 1.